The maximum atomic E-state index is 2.54. The van der Waals surface area contributed by atoms with Gasteiger partial charge in [-0.05, 0) is 114 Å². The number of rotatable bonds is 3. The highest BCUT2D eigenvalue weighted by Gasteiger charge is 2.49. The van der Waals surface area contributed by atoms with Crippen LogP contribution in [0.5, 0.6) is 0 Å². The molecule has 0 amide bonds. The first-order valence-electron chi connectivity index (χ1n) is 19.7. The molecule has 1 nitrogen and oxygen atoms in total. The molecule has 0 saturated heterocycles. The second kappa shape index (κ2) is 11.1. The molecular formula is C53H49N. The first-order valence-corrected chi connectivity index (χ1v) is 19.7. The summed E-state index contributed by atoms with van der Waals surface area (Å²) in [5.41, 5.74) is 20.2. The zero-order chi connectivity index (χ0) is 37.4. The predicted molar refractivity (Wildman–Crippen MR) is 230 cm³/mol. The topological polar surface area (TPSA) is 3.24 Å². The van der Waals surface area contributed by atoms with E-state index in [4.69, 9.17) is 0 Å². The van der Waals surface area contributed by atoms with E-state index in [-0.39, 0.29) is 21.7 Å². The van der Waals surface area contributed by atoms with Gasteiger partial charge in [-0.15, -0.1) is 0 Å². The average molecular weight is 700 g/mol. The van der Waals surface area contributed by atoms with Crippen molar-refractivity contribution in [3.05, 3.63) is 184 Å². The molecule has 2 bridgehead atoms. The van der Waals surface area contributed by atoms with Crippen molar-refractivity contribution in [3.63, 3.8) is 0 Å². The largest absolute Gasteiger partial charge is 0.310 e. The maximum absolute atomic E-state index is 2.54. The number of hydrogen-bond donors (Lipinski definition) is 0. The number of fused-ring (bicyclic) bond motifs is 12. The molecule has 0 saturated carbocycles. The fourth-order valence-corrected chi connectivity index (χ4v) is 10.7. The van der Waals surface area contributed by atoms with E-state index in [0.717, 1.165) is 12.1 Å². The number of benzene rings is 6. The highest BCUT2D eigenvalue weighted by molar-refractivity contribution is 6.12. The van der Waals surface area contributed by atoms with Gasteiger partial charge in [-0.2, -0.15) is 0 Å². The first-order chi connectivity index (χ1) is 25.8. The summed E-state index contributed by atoms with van der Waals surface area (Å²) in [4.78, 5) is 2.52. The van der Waals surface area contributed by atoms with Gasteiger partial charge in [-0.25, -0.2) is 0 Å². The van der Waals surface area contributed by atoms with Crippen LogP contribution in [0.1, 0.15) is 95.2 Å². The Morgan fingerprint density at radius 1 is 0.463 bits per heavy atom. The van der Waals surface area contributed by atoms with Crippen LogP contribution in [0.3, 0.4) is 0 Å². The molecule has 54 heavy (non-hydrogen) atoms. The van der Waals surface area contributed by atoms with Gasteiger partial charge in [0.15, 0.2) is 0 Å². The minimum absolute atomic E-state index is 0.0119. The molecule has 10 rings (SSSR count). The molecular weight excluding hydrogens is 651 g/mol. The summed E-state index contributed by atoms with van der Waals surface area (Å²) in [6.45, 7) is 19.5. The Kier molecular flexibility index (Phi) is 6.81. The maximum Gasteiger partial charge on any atom is 0.0543 e. The third-order valence-corrected chi connectivity index (χ3v) is 14.4. The summed E-state index contributed by atoms with van der Waals surface area (Å²) < 4.78 is 0. The highest BCUT2D eigenvalue weighted by Crippen LogP contribution is 2.62. The quantitative estimate of drug-likeness (QED) is 0.178. The third kappa shape index (κ3) is 4.27. The summed E-state index contributed by atoms with van der Waals surface area (Å²) in [5, 5.41) is 2.58. The highest BCUT2D eigenvalue weighted by atomic mass is 15.1. The zero-order valence-corrected chi connectivity index (χ0v) is 32.9. The van der Waals surface area contributed by atoms with Crippen molar-refractivity contribution in [2.24, 2.45) is 5.41 Å². The molecule has 0 fully saturated rings. The summed E-state index contributed by atoms with van der Waals surface area (Å²) in [5.74, 6) is 0. The first kappa shape index (κ1) is 33.2. The fourth-order valence-electron chi connectivity index (χ4n) is 10.7. The van der Waals surface area contributed by atoms with E-state index in [1.54, 1.807) is 0 Å². The molecule has 0 spiro atoms. The van der Waals surface area contributed by atoms with E-state index < -0.39 is 0 Å². The predicted octanol–water partition coefficient (Wildman–Crippen LogP) is 14.4. The van der Waals surface area contributed by atoms with Crippen LogP contribution in [0.4, 0.5) is 17.1 Å². The smallest absolute Gasteiger partial charge is 0.0543 e. The lowest BCUT2D eigenvalue weighted by molar-refractivity contribution is 0.248. The molecule has 1 heteroatoms. The van der Waals surface area contributed by atoms with Gasteiger partial charge in [0.25, 0.3) is 0 Å². The van der Waals surface area contributed by atoms with Crippen LogP contribution in [0, 0.1) is 5.41 Å². The Morgan fingerprint density at radius 2 is 1.09 bits per heavy atom. The number of anilines is 3. The van der Waals surface area contributed by atoms with Crippen LogP contribution in [0.15, 0.2) is 151 Å². The molecule has 6 aromatic carbocycles. The van der Waals surface area contributed by atoms with Crippen molar-refractivity contribution < 1.29 is 0 Å². The minimum Gasteiger partial charge on any atom is -0.310 e. The Hall–Kier alpha value is -5.40. The molecule has 266 valence electrons. The monoisotopic (exact) mass is 699 g/mol. The Bertz CT molecular complexity index is 2670. The number of hydrogen-bond acceptors (Lipinski definition) is 1. The normalized spacial score (nSPS) is 19.0. The van der Waals surface area contributed by atoms with Crippen molar-refractivity contribution in [1.29, 1.82) is 0 Å². The summed E-state index contributed by atoms with van der Waals surface area (Å²) in [7, 11) is 0. The lowest BCUT2D eigenvalue weighted by Gasteiger charge is -2.43. The molecule has 0 unspecified atom stereocenters. The van der Waals surface area contributed by atoms with Crippen molar-refractivity contribution in [3.8, 4) is 11.1 Å². The van der Waals surface area contributed by atoms with Crippen molar-refractivity contribution >= 4 is 39.0 Å². The molecule has 0 atom stereocenters. The number of allylic oxidation sites excluding steroid dienone is 6. The van der Waals surface area contributed by atoms with Crippen molar-refractivity contribution in [2.75, 3.05) is 4.90 Å². The standard InChI is InChI=1S/C53H49N/c1-50(2)43-24-16-14-20-36(43)38-29-27-35(31-45(38)50)54(34-18-10-9-11-19-34)47-32-46-48(40-23-13-12-22-39(40)47)41-28-26-33-30-42(49(41)51(46,3)4)37-21-15-17-25-44(37)53(7,8)52(33,5)6/h9-29,31-32H,30H2,1-8H3. The van der Waals surface area contributed by atoms with Crippen LogP contribution < -0.4 is 4.90 Å². The van der Waals surface area contributed by atoms with Gasteiger partial charge in [0.05, 0.1) is 5.69 Å². The van der Waals surface area contributed by atoms with Gasteiger partial charge >= 0.3 is 0 Å². The van der Waals surface area contributed by atoms with Gasteiger partial charge in [0, 0.05) is 27.6 Å². The lowest BCUT2D eigenvalue weighted by atomic mass is 9.61. The third-order valence-electron chi connectivity index (χ3n) is 14.4. The van der Waals surface area contributed by atoms with Crippen LogP contribution in [0.2, 0.25) is 0 Å². The van der Waals surface area contributed by atoms with E-state index in [9.17, 15) is 0 Å². The fraction of sp³-hybridized carbons (Fsp3) is 0.245. The Labute approximate surface area is 321 Å². The van der Waals surface area contributed by atoms with Crippen LogP contribution >= 0.6 is 0 Å². The molecule has 6 aromatic rings. The zero-order valence-electron chi connectivity index (χ0n) is 32.9. The van der Waals surface area contributed by atoms with E-state index in [0.29, 0.717) is 0 Å². The molecule has 0 N–H and O–H groups in total. The second-order valence-corrected chi connectivity index (χ2v) is 18.2. The number of para-hydroxylation sites is 1. The Morgan fingerprint density at radius 3 is 1.85 bits per heavy atom. The molecule has 0 aromatic heterocycles. The summed E-state index contributed by atoms with van der Waals surface area (Å²) in [6.07, 6.45) is 5.94. The van der Waals surface area contributed by atoms with Crippen molar-refractivity contribution in [1.82, 2.24) is 0 Å². The molecule has 0 aliphatic heterocycles. The van der Waals surface area contributed by atoms with Gasteiger partial charge < -0.3 is 4.90 Å². The van der Waals surface area contributed by atoms with Crippen molar-refractivity contribution in [2.45, 2.75) is 78.1 Å². The van der Waals surface area contributed by atoms with Crippen LogP contribution in [-0.2, 0) is 16.2 Å². The molecule has 4 aliphatic rings. The second-order valence-electron chi connectivity index (χ2n) is 18.2. The van der Waals surface area contributed by atoms with E-state index >= 15 is 0 Å². The van der Waals surface area contributed by atoms with E-state index in [2.05, 4.69) is 200 Å². The summed E-state index contributed by atoms with van der Waals surface area (Å²) in [6, 6.07) is 48.0. The number of nitrogens with zero attached hydrogens (tertiary/aromatic N) is 1. The molecule has 0 heterocycles. The summed E-state index contributed by atoms with van der Waals surface area (Å²) >= 11 is 0. The molecule has 0 radical (unpaired) electrons. The van der Waals surface area contributed by atoms with Gasteiger partial charge in [-0.1, -0.05) is 170 Å². The van der Waals surface area contributed by atoms with E-state index in [1.807, 2.05) is 0 Å². The SMILES string of the molecule is CC1(C)C2=C3CC(=CC=C2c2c1cc(N(c1ccccc1)c1ccc4c(c1)C(C)(C)c1ccccc1-4)c1ccccc21)C(C)(C)C(C)(C)c1ccccc13. The van der Waals surface area contributed by atoms with Gasteiger partial charge in [0.1, 0.15) is 0 Å². The molecule has 4 aliphatic carbocycles. The van der Waals surface area contributed by atoms with Gasteiger partial charge in [0.2, 0.25) is 0 Å². The van der Waals surface area contributed by atoms with Crippen LogP contribution in [0.25, 0.3) is 33.0 Å². The van der Waals surface area contributed by atoms with Gasteiger partial charge in [-0.3, -0.25) is 0 Å². The van der Waals surface area contributed by atoms with Crippen LogP contribution in [-0.4, -0.2) is 0 Å². The lowest BCUT2D eigenvalue weighted by Crippen LogP contribution is -2.37. The minimum atomic E-state index is -0.228. The van der Waals surface area contributed by atoms with E-state index in [1.165, 1.54) is 88.9 Å². The Balaban J connectivity index is 1.25. The average Bonchev–Trinajstić information content (AvgIpc) is 3.38.